The first-order valence-electron chi connectivity index (χ1n) is 6.17. The summed E-state index contributed by atoms with van der Waals surface area (Å²) < 4.78 is 0. The number of hydrogen-bond donors (Lipinski definition) is 2. The molecule has 0 rings (SSSR count). The monoisotopic (exact) mass is 227 g/mol. The first-order valence-corrected chi connectivity index (χ1v) is 6.17. The summed E-state index contributed by atoms with van der Waals surface area (Å²) in [6.45, 7) is 4.78. The Morgan fingerprint density at radius 2 is 2.12 bits per heavy atom. The summed E-state index contributed by atoms with van der Waals surface area (Å²) in [5.74, 6) is -0.114. The van der Waals surface area contributed by atoms with Crippen LogP contribution in [0.2, 0.25) is 0 Å². The van der Waals surface area contributed by atoms with E-state index in [9.17, 15) is 4.79 Å². The van der Waals surface area contributed by atoms with E-state index in [1.807, 2.05) is 0 Å². The summed E-state index contributed by atoms with van der Waals surface area (Å²) in [4.78, 5) is 10.6. The lowest BCUT2D eigenvalue weighted by molar-refractivity contribution is -0.138. The Morgan fingerprint density at radius 1 is 1.44 bits per heavy atom. The Balaban J connectivity index is 3.81. The number of allylic oxidation sites excluding steroid dienone is 2. The minimum Gasteiger partial charge on any atom is -0.481 e. The van der Waals surface area contributed by atoms with Crippen molar-refractivity contribution in [3.8, 4) is 0 Å². The molecule has 0 bridgehead atoms. The topological polar surface area (TPSA) is 63.3 Å². The first-order chi connectivity index (χ1) is 7.60. The van der Waals surface area contributed by atoms with E-state index in [0.717, 1.165) is 19.3 Å². The predicted octanol–water partition coefficient (Wildman–Crippen LogP) is 2.81. The molecule has 0 heterocycles. The van der Waals surface area contributed by atoms with E-state index in [4.69, 9.17) is 10.8 Å². The molecule has 0 spiro atoms. The van der Waals surface area contributed by atoms with Crippen molar-refractivity contribution in [2.24, 2.45) is 17.6 Å². The number of hydrogen-bond acceptors (Lipinski definition) is 2. The van der Waals surface area contributed by atoms with Crippen molar-refractivity contribution in [1.29, 1.82) is 0 Å². The van der Waals surface area contributed by atoms with Gasteiger partial charge in [0.25, 0.3) is 0 Å². The van der Waals surface area contributed by atoms with E-state index in [2.05, 4.69) is 26.0 Å². The molecule has 0 saturated heterocycles. The smallest absolute Gasteiger partial charge is 0.303 e. The van der Waals surface area contributed by atoms with Gasteiger partial charge in [0.15, 0.2) is 0 Å². The van der Waals surface area contributed by atoms with Gasteiger partial charge in [0.05, 0.1) is 0 Å². The highest BCUT2D eigenvalue weighted by molar-refractivity contribution is 5.67. The molecule has 3 nitrogen and oxygen atoms in total. The summed E-state index contributed by atoms with van der Waals surface area (Å²) in [6.07, 6.45) is 8.82. The lowest BCUT2D eigenvalue weighted by Crippen LogP contribution is -2.20. The standard InChI is InChI=1S/C13H25NO2/c1-3-4-5-6-7-11(2)8-12(10-14)9-13(15)16/h5-6,11-12H,3-4,7-10,14H2,1-2H3,(H,15,16)/b6-5+/t11?,12-/m0/s1. The Kier molecular flexibility index (Phi) is 8.91. The molecule has 3 heteroatoms. The van der Waals surface area contributed by atoms with E-state index in [-0.39, 0.29) is 12.3 Å². The molecule has 3 N–H and O–H groups in total. The summed E-state index contributed by atoms with van der Waals surface area (Å²) in [5, 5.41) is 8.70. The fraction of sp³-hybridized carbons (Fsp3) is 0.769. The van der Waals surface area contributed by atoms with Crippen molar-refractivity contribution in [2.75, 3.05) is 6.54 Å². The molecule has 0 aromatic heterocycles. The van der Waals surface area contributed by atoms with Crippen LogP contribution in [-0.2, 0) is 4.79 Å². The minimum absolute atomic E-state index is 0.118. The molecule has 0 aliphatic carbocycles. The number of aliphatic carboxylic acids is 1. The maximum atomic E-state index is 10.6. The number of rotatable bonds is 9. The summed E-state index contributed by atoms with van der Waals surface area (Å²) in [7, 11) is 0. The quantitative estimate of drug-likeness (QED) is 0.595. The van der Waals surface area contributed by atoms with Gasteiger partial charge in [-0.2, -0.15) is 0 Å². The van der Waals surface area contributed by atoms with E-state index in [1.165, 1.54) is 6.42 Å². The van der Waals surface area contributed by atoms with Crippen molar-refractivity contribution in [2.45, 2.75) is 46.0 Å². The average Bonchev–Trinajstić information content (AvgIpc) is 2.23. The molecule has 2 atom stereocenters. The number of nitrogens with two attached hydrogens (primary N) is 1. The zero-order valence-electron chi connectivity index (χ0n) is 10.5. The number of carboxylic acids is 1. The molecule has 0 aromatic rings. The Bertz CT molecular complexity index is 214. The molecule has 0 aliphatic rings. The van der Waals surface area contributed by atoms with Crippen LogP contribution >= 0.6 is 0 Å². The molecule has 16 heavy (non-hydrogen) atoms. The largest absolute Gasteiger partial charge is 0.481 e. The van der Waals surface area contributed by atoms with Gasteiger partial charge in [-0.1, -0.05) is 32.4 Å². The van der Waals surface area contributed by atoms with Gasteiger partial charge < -0.3 is 10.8 Å². The maximum Gasteiger partial charge on any atom is 0.303 e. The molecule has 0 aromatic carbocycles. The summed E-state index contributed by atoms with van der Waals surface area (Å²) in [6, 6.07) is 0. The number of unbranched alkanes of at least 4 members (excludes halogenated alkanes) is 1. The first kappa shape index (κ1) is 15.2. The van der Waals surface area contributed by atoms with Crippen LogP contribution in [0.5, 0.6) is 0 Å². The van der Waals surface area contributed by atoms with Gasteiger partial charge >= 0.3 is 5.97 Å². The van der Waals surface area contributed by atoms with E-state index in [1.54, 1.807) is 0 Å². The summed E-state index contributed by atoms with van der Waals surface area (Å²) in [5.41, 5.74) is 5.56. The molecule has 0 aliphatic heterocycles. The van der Waals surface area contributed by atoms with Crippen molar-refractivity contribution in [1.82, 2.24) is 0 Å². The van der Waals surface area contributed by atoms with E-state index >= 15 is 0 Å². The molecule has 0 saturated carbocycles. The van der Waals surface area contributed by atoms with Crippen LogP contribution in [0.25, 0.3) is 0 Å². The van der Waals surface area contributed by atoms with Crippen LogP contribution in [0.3, 0.4) is 0 Å². The van der Waals surface area contributed by atoms with Crippen LogP contribution in [-0.4, -0.2) is 17.6 Å². The van der Waals surface area contributed by atoms with Gasteiger partial charge in [-0.25, -0.2) is 0 Å². The fourth-order valence-electron chi connectivity index (χ4n) is 1.79. The van der Waals surface area contributed by atoms with Gasteiger partial charge in [-0.15, -0.1) is 0 Å². The van der Waals surface area contributed by atoms with Crippen LogP contribution in [0.1, 0.15) is 46.0 Å². The lowest BCUT2D eigenvalue weighted by Gasteiger charge is -2.16. The Hall–Kier alpha value is -0.830. The molecular formula is C13H25NO2. The van der Waals surface area contributed by atoms with E-state index in [0.29, 0.717) is 12.5 Å². The van der Waals surface area contributed by atoms with E-state index < -0.39 is 5.97 Å². The molecular weight excluding hydrogens is 202 g/mol. The Morgan fingerprint density at radius 3 is 2.62 bits per heavy atom. The van der Waals surface area contributed by atoms with Crippen molar-refractivity contribution in [3.63, 3.8) is 0 Å². The van der Waals surface area contributed by atoms with Crippen LogP contribution < -0.4 is 5.73 Å². The molecule has 94 valence electrons. The van der Waals surface area contributed by atoms with Gasteiger partial charge in [0.2, 0.25) is 0 Å². The average molecular weight is 227 g/mol. The Labute approximate surface area is 98.7 Å². The van der Waals surface area contributed by atoms with Gasteiger partial charge in [0, 0.05) is 6.42 Å². The molecule has 0 radical (unpaired) electrons. The lowest BCUT2D eigenvalue weighted by atomic mass is 9.91. The third kappa shape index (κ3) is 8.48. The van der Waals surface area contributed by atoms with Crippen molar-refractivity contribution in [3.05, 3.63) is 12.2 Å². The SMILES string of the molecule is CCC/C=C/CC(C)C[C@H](CN)CC(=O)O. The van der Waals surface area contributed by atoms with Crippen molar-refractivity contribution >= 4 is 5.97 Å². The maximum absolute atomic E-state index is 10.6. The second-order valence-corrected chi connectivity index (χ2v) is 4.54. The van der Waals surface area contributed by atoms with Crippen LogP contribution in [0.15, 0.2) is 12.2 Å². The molecule has 0 amide bonds. The van der Waals surface area contributed by atoms with Crippen LogP contribution in [0, 0.1) is 11.8 Å². The summed E-state index contributed by atoms with van der Waals surface area (Å²) >= 11 is 0. The van der Waals surface area contributed by atoms with Gasteiger partial charge in [-0.05, 0) is 37.6 Å². The minimum atomic E-state index is -0.746. The second-order valence-electron chi connectivity index (χ2n) is 4.54. The highest BCUT2D eigenvalue weighted by atomic mass is 16.4. The third-order valence-corrected chi connectivity index (χ3v) is 2.69. The normalized spacial score (nSPS) is 15.2. The molecule has 0 fully saturated rings. The second kappa shape index (κ2) is 9.40. The van der Waals surface area contributed by atoms with Gasteiger partial charge in [-0.3, -0.25) is 4.79 Å². The van der Waals surface area contributed by atoms with Crippen molar-refractivity contribution < 1.29 is 9.90 Å². The highest BCUT2D eigenvalue weighted by Gasteiger charge is 2.14. The molecule has 1 unspecified atom stereocenters. The fourth-order valence-corrected chi connectivity index (χ4v) is 1.79. The third-order valence-electron chi connectivity index (χ3n) is 2.69. The zero-order chi connectivity index (χ0) is 12.4. The number of carboxylic acid groups (broad SMARTS) is 1. The van der Waals surface area contributed by atoms with Gasteiger partial charge in [0.1, 0.15) is 0 Å². The highest BCUT2D eigenvalue weighted by Crippen LogP contribution is 2.18. The number of carbonyl (C=O) groups is 1. The predicted molar refractivity (Wildman–Crippen MR) is 67.2 cm³/mol. The van der Waals surface area contributed by atoms with Crippen LogP contribution in [0.4, 0.5) is 0 Å². The zero-order valence-corrected chi connectivity index (χ0v) is 10.5.